The molecule has 0 spiro atoms. The lowest BCUT2D eigenvalue weighted by molar-refractivity contribution is -0.136. The van der Waals surface area contributed by atoms with E-state index in [1.807, 2.05) is 49.5 Å². The summed E-state index contributed by atoms with van der Waals surface area (Å²) in [5.74, 6) is 3.59. The minimum Gasteiger partial charge on any atom is -0.493 e. The molecule has 0 atom stereocenters. The third kappa shape index (κ3) is 16.4. The Morgan fingerprint density at radius 1 is 0.662 bits per heavy atom. The first-order chi connectivity index (χ1) is 33.0. The average molecular weight is 937 g/mol. The number of nitrogens with zero attached hydrogens (tertiary/aromatic N) is 6. The first-order valence-electron chi connectivity index (χ1n) is 25.7. The molecule has 2 fully saturated rings. The van der Waals surface area contributed by atoms with Crippen molar-refractivity contribution in [2.45, 2.75) is 135 Å². The second kappa shape index (κ2) is 27.4. The number of ether oxygens (including phenoxy) is 2. The Bertz CT molecular complexity index is 2060. The number of nitrogens with one attached hydrogen (secondary N) is 4. The van der Waals surface area contributed by atoms with Crippen molar-refractivity contribution in [1.82, 2.24) is 50.6 Å². The standard InChI is InChI=1S/C54H84N10O4/c1-40(2)36-63(51(65)24-30-67-49-13-9-8-10-14-49)47-20-18-44(19-21-47)54-46(35-58-60-54)39-62(7)29-27-56-33-42-12-11-15-50(32-42)68-31-25-52(66)64(37-41(3)4)48-22-16-43(17-23-48)53-45(34-57-59-53)38-61(6)28-26-55-5/h8-15,32,34-35,40-41,43-44,47-48,55-56H,16-31,33,36-39H2,1-7H3,(H,57,59)(H,58,60)/t43-,44-,47+,48-. The van der Waals surface area contributed by atoms with Gasteiger partial charge >= 0.3 is 0 Å². The van der Waals surface area contributed by atoms with Crippen LogP contribution in [0.4, 0.5) is 0 Å². The number of rotatable bonds is 28. The molecule has 374 valence electrons. The molecule has 2 aliphatic carbocycles. The van der Waals surface area contributed by atoms with Crippen molar-refractivity contribution in [3.63, 3.8) is 0 Å². The molecule has 14 heteroatoms. The van der Waals surface area contributed by atoms with Crippen molar-refractivity contribution in [1.29, 1.82) is 0 Å². The molecular weight excluding hydrogens is 853 g/mol. The summed E-state index contributed by atoms with van der Waals surface area (Å²) >= 11 is 0. The topological polar surface area (TPSA) is 147 Å². The van der Waals surface area contributed by atoms with Gasteiger partial charge in [-0.3, -0.25) is 19.8 Å². The number of aromatic amines is 2. The lowest BCUT2D eigenvalue weighted by atomic mass is 9.82. The van der Waals surface area contributed by atoms with Gasteiger partial charge in [0.2, 0.25) is 11.8 Å². The average Bonchev–Trinajstić information content (AvgIpc) is 4.00. The highest BCUT2D eigenvalue weighted by Crippen LogP contribution is 2.37. The third-order valence-corrected chi connectivity index (χ3v) is 13.8. The molecule has 0 aliphatic heterocycles. The molecule has 0 bridgehead atoms. The molecule has 0 saturated heterocycles. The number of para-hydroxylation sites is 1. The molecular formula is C54H84N10O4. The number of benzene rings is 2. The van der Waals surface area contributed by atoms with Gasteiger partial charge in [0.15, 0.2) is 0 Å². The van der Waals surface area contributed by atoms with Crippen LogP contribution in [-0.2, 0) is 29.2 Å². The zero-order chi connectivity index (χ0) is 48.3. The van der Waals surface area contributed by atoms with Crippen LogP contribution in [-0.4, -0.2) is 138 Å². The van der Waals surface area contributed by atoms with Gasteiger partial charge in [-0.15, -0.1) is 0 Å². The van der Waals surface area contributed by atoms with Crippen LogP contribution in [0, 0.1) is 11.8 Å². The number of carbonyl (C=O) groups is 2. The maximum atomic E-state index is 13.8. The highest BCUT2D eigenvalue weighted by Gasteiger charge is 2.33. The first kappa shape index (κ1) is 52.6. The minimum absolute atomic E-state index is 0.184. The number of likely N-dealkylation sites (N-methyl/N-ethyl adjacent to an activating group) is 3. The van der Waals surface area contributed by atoms with E-state index in [1.54, 1.807) is 0 Å². The molecule has 2 aromatic carbocycles. The van der Waals surface area contributed by atoms with Crippen molar-refractivity contribution < 1.29 is 19.1 Å². The summed E-state index contributed by atoms with van der Waals surface area (Å²) in [5, 5.41) is 22.6. The van der Waals surface area contributed by atoms with Crippen LogP contribution in [0.15, 0.2) is 67.0 Å². The van der Waals surface area contributed by atoms with Crippen LogP contribution >= 0.6 is 0 Å². The summed E-state index contributed by atoms with van der Waals surface area (Å²) in [6, 6.07) is 18.5. The quantitative estimate of drug-likeness (QED) is 0.0414. The molecule has 2 saturated carbocycles. The van der Waals surface area contributed by atoms with E-state index in [0.29, 0.717) is 49.7 Å². The van der Waals surface area contributed by atoms with Crippen LogP contribution in [0.2, 0.25) is 0 Å². The molecule has 4 N–H and O–H groups in total. The van der Waals surface area contributed by atoms with E-state index in [-0.39, 0.29) is 23.9 Å². The smallest absolute Gasteiger partial charge is 0.226 e. The van der Waals surface area contributed by atoms with E-state index >= 15 is 0 Å². The Hall–Kier alpha value is -4.76. The van der Waals surface area contributed by atoms with Crippen LogP contribution in [0.1, 0.15) is 132 Å². The molecule has 2 amide bonds. The number of hydrogen-bond acceptors (Lipinski definition) is 10. The lowest BCUT2D eigenvalue weighted by Gasteiger charge is -2.38. The molecule has 2 aromatic heterocycles. The van der Waals surface area contributed by atoms with Gasteiger partial charge in [0.25, 0.3) is 0 Å². The number of carbonyl (C=O) groups excluding carboxylic acids is 2. The van der Waals surface area contributed by atoms with Crippen molar-refractivity contribution in [2.24, 2.45) is 11.8 Å². The lowest BCUT2D eigenvalue weighted by Crippen LogP contribution is -2.44. The van der Waals surface area contributed by atoms with Gasteiger partial charge in [-0.1, -0.05) is 58.0 Å². The number of H-pyrrole nitrogens is 2. The van der Waals surface area contributed by atoms with Gasteiger partial charge in [0, 0.05) is 106 Å². The Labute approximate surface area is 407 Å². The van der Waals surface area contributed by atoms with Gasteiger partial charge in [0.1, 0.15) is 11.5 Å². The summed E-state index contributed by atoms with van der Waals surface area (Å²) in [6.45, 7) is 17.2. The van der Waals surface area contributed by atoms with Gasteiger partial charge < -0.3 is 39.7 Å². The summed E-state index contributed by atoms with van der Waals surface area (Å²) in [6.07, 6.45) is 13.0. The van der Waals surface area contributed by atoms with E-state index in [9.17, 15) is 9.59 Å². The highest BCUT2D eigenvalue weighted by atomic mass is 16.5. The summed E-state index contributed by atoms with van der Waals surface area (Å²) in [4.78, 5) is 36.2. The molecule has 0 unspecified atom stereocenters. The maximum absolute atomic E-state index is 13.8. The Balaban J connectivity index is 0.887. The fraction of sp³-hybridized carbons (Fsp3) is 0.630. The summed E-state index contributed by atoms with van der Waals surface area (Å²) in [7, 11) is 6.31. The van der Waals surface area contributed by atoms with Crippen molar-refractivity contribution in [3.8, 4) is 11.5 Å². The second-order valence-corrected chi connectivity index (χ2v) is 20.4. The maximum Gasteiger partial charge on any atom is 0.226 e. The van der Waals surface area contributed by atoms with Crippen LogP contribution < -0.4 is 20.1 Å². The van der Waals surface area contributed by atoms with E-state index < -0.39 is 0 Å². The number of amides is 2. The number of hydrogen-bond donors (Lipinski definition) is 4. The molecule has 2 heterocycles. The molecule has 2 aliphatic rings. The van der Waals surface area contributed by atoms with Gasteiger partial charge in [-0.25, -0.2) is 0 Å². The van der Waals surface area contributed by atoms with Gasteiger partial charge in [-0.05, 0) is 114 Å². The largest absolute Gasteiger partial charge is 0.493 e. The Morgan fingerprint density at radius 3 is 1.65 bits per heavy atom. The normalized spacial score (nSPS) is 18.7. The van der Waals surface area contributed by atoms with Crippen LogP contribution in [0.5, 0.6) is 11.5 Å². The zero-order valence-corrected chi connectivity index (χ0v) is 42.5. The molecule has 0 radical (unpaired) electrons. The van der Waals surface area contributed by atoms with E-state index in [4.69, 9.17) is 19.7 Å². The minimum atomic E-state index is 0.184. The fourth-order valence-corrected chi connectivity index (χ4v) is 10.2. The SMILES string of the molecule is CNCCN(C)Cc1c[nH]nc1[C@H]1CC[C@H](N(CC(C)C)C(=O)CCOc2cccc(CNCCN(C)Cc3c[nH]nc3[C@H]3CC[C@@H](N(CC(C)C)C(=O)CCOc4ccccc4)CC3)c2)CC1. The van der Waals surface area contributed by atoms with Crippen LogP contribution in [0.25, 0.3) is 0 Å². The van der Waals surface area contributed by atoms with Gasteiger partial charge in [-0.2, -0.15) is 10.2 Å². The van der Waals surface area contributed by atoms with Crippen molar-refractivity contribution in [3.05, 3.63) is 95.1 Å². The van der Waals surface area contributed by atoms with E-state index in [2.05, 4.69) is 107 Å². The van der Waals surface area contributed by atoms with E-state index in [0.717, 1.165) is 127 Å². The summed E-state index contributed by atoms with van der Waals surface area (Å²) in [5.41, 5.74) is 6.07. The van der Waals surface area contributed by atoms with E-state index in [1.165, 1.54) is 22.5 Å². The predicted octanol–water partition coefficient (Wildman–Crippen LogP) is 7.97. The summed E-state index contributed by atoms with van der Waals surface area (Å²) < 4.78 is 12.1. The second-order valence-electron chi connectivity index (χ2n) is 20.4. The highest BCUT2D eigenvalue weighted by molar-refractivity contribution is 5.77. The molecule has 4 aromatic rings. The first-order valence-corrected chi connectivity index (χ1v) is 25.7. The van der Waals surface area contributed by atoms with Crippen LogP contribution in [0.3, 0.4) is 0 Å². The molecule has 14 nitrogen and oxygen atoms in total. The Kier molecular flexibility index (Phi) is 21.2. The van der Waals surface area contributed by atoms with Crippen molar-refractivity contribution >= 4 is 11.8 Å². The third-order valence-electron chi connectivity index (χ3n) is 13.8. The molecule has 68 heavy (non-hydrogen) atoms. The Morgan fingerprint density at radius 2 is 1.15 bits per heavy atom. The van der Waals surface area contributed by atoms with Gasteiger partial charge in [0.05, 0.1) is 37.4 Å². The fourth-order valence-electron chi connectivity index (χ4n) is 10.2. The predicted molar refractivity (Wildman–Crippen MR) is 272 cm³/mol. The molecule has 6 rings (SSSR count). The number of aromatic nitrogens is 4. The monoisotopic (exact) mass is 937 g/mol. The van der Waals surface area contributed by atoms with Crippen molar-refractivity contribution in [2.75, 3.05) is 73.6 Å². The zero-order valence-electron chi connectivity index (χ0n) is 42.5.